The first-order valence-electron chi connectivity index (χ1n) is 7.33. The van der Waals surface area contributed by atoms with Gasteiger partial charge in [0.25, 0.3) is 0 Å². The summed E-state index contributed by atoms with van der Waals surface area (Å²) >= 11 is 3.49. The molecule has 0 aromatic carbocycles. The van der Waals surface area contributed by atoms with Gasteiger partial charge in [-0.3, -0.25) is 4.68 Å². The highest BCUT2D eigenvalue weighted by atomic mass is 79.9. The van der Waals surface area contributed by atoms with Crippen LogP contribution in [0.3, 0.4) is 0 Å². The molecule has 1 aromatic rings. The maximum atomic E-state index is 12.2. The van der Waals surface area contributed by atoms with E-state index < -0.39 is 0 Å². The third kappa shape index (κ3) is 3.75. The van der Waals surface area contributed by atoms with Crippen molar-refractivity contribution in [3.63, 3.8) is 0 Å². The van der Waals surface area contributed by atoms with E-state index in [0.717, 1.165) is 29.6 Å². The van der Waals surface area contributed by atoms with E-state index in [2.05, 4.69) is 26.3 Å². The van der Waals surface area contributed by atoms with Gasteiger partial charge >= 0.3 is 6.03 Å². The lowest BCUT2D eigenvalue weighted by Gasteiger charge is -2.26. The van der Waals surface area contributed by atoms with Gasteiger partial charge in [-0.15, -0.1) is 0 Å². The Bertz CT molecular complexity index is 454. The van der Waals surface area contributed by atoms with Crippen molar-refractivity contribution < 1.29 is 4.79 Å². The first-order chi connectivity index (χ1) is 9.61. The monoisotopic (exact) mass is 342 g/mol. The third-order valence-corrected chi connectivity index (χ3v) is 4.53. The van der Waals surface area contributed by atoms with Crippen LogP contribution in [-0.4, -0.2) is 33.8 Å². The minimum atomic E-state index is 0.00709. The molecule has 2 amide bonds. The summed E-state index contributed by atoms with van der Waals surface area (Å²) in [5.41, 5.74) is 1.04. The molecule has 5 nitrogen and oxygen atoms in total. The molecular weight excluding hydrogens is 320 g/mol. The number of aromatic nitrogens is 2. The predicted molar refractivity (Wildman–Crippen MR) is 82.5 cm³/mol. The van der Waals surface area contributed by atoms with Crippen LogP contribution in [0.1, 0.15) is 44.7 Å². The molecule has 0 saturated heterocycles. The van der Waals surface area contributed by atoms with Crippen molar-refractivity contribution in [2.24, 2.45) is 0 Å². The third-order valence-electron chi connectivity index (χ3n) is 3.86. The molecule has 1 aliphatic rings. The second kappa shape index (κ2) is 7.11. The van der Waals surface area contributed by atoms with Gasteiger partial charge in [0.15, 0.2) is 0 Å². The number of amides is 2. The first-order valence-corrected chi connectivity index (χ1v) is 8.13. The molecule has 0 aliphatic heterocycles. The molecule has 0 atom stereocenters. The van der Waals surface area contributed by atoms with Crippen LogP contribution in [0.5, 0.6) is 0 Å². The van der Waals surface area contributed by atoms with E-state index in [-0.39, 0.29) is 6.03 Å². The summed E-state index contributed by atoms with van der Waals surface area (Å²) in [6, 6.07) is 0.353. The summed E-state index contributed by atoms with van der Waals surface area (Å²) in [5, 5.41) is 7.40. The number of carbonyl (C=O) groups is 1. The summed E-state index contributed by atoms with van der Waals surface area (Å²) in [5.74, 6) is 0. The smallest absolute Gasteiger partial charge is 0.317 e. The van der Waals surface area contributed by atoms with Gasteiger partial charge < -0.3 is 10.2 Å². The molecule has 1 heterocycles. The van der Waals surface area contributed by atoms with Gasteiger partial charge in [-0.25, -0.2) is 4.79 Å². The van der Waals surface area contributed by atoms with Crippen LogP contribution in [0.15, 0.2) is 10.7 Å². The van der Waals surface area contributed by atoms with Crippen molar-refractivity contribution in [3.05, 3.63) is 16.4 Å². The second-order valence-corrected chi connectivity index (χ2v) is 6.25. The Kier molecular flexibility index (Phi) is 5.46. The number of urea groups is 1. The fourth-order valence-corrected chi connectivity index (χ4v) is 3.07. The summed E-state index contributed by atoms with van der Waals surface area (Å²) in [4.78, 5) is 13.9. The van der Waals surface area contributed by atoms with Crippen LogP contribution in [-0.2, 0) is 13.1 Å². The van der Waals surface area contributed by atoms with Crippen molar-refractivity contribution in [1.29, 1.82) is 0 Å². The quantitative estimate of drug-likeness (QED) is 0.913. The molecule has 0 bridgehead atoms. The number of carbonyl (C=O) groups excluding carboxylic acids is 1. The Hall–Kier alpha value is -1.04. The lowest BCUT2D eigenvalue weighted by atomic mass is 9.96. The zero-order valence-corrected chi connectivity index (χ0v) is 13.8. The molecule has 1 aromatic heterocycles. The average Bonchev–Trinajstić information content (AvgIpc) is 2.80. The summed E-state index contributed by atoms with van der Waals surface area (Å²) in [7, 11) is 1.83. The molecular formula is C14H23BrN4O. The molecule has 20 heavy (non-hydrogen) atoms. The highest BCUT2D eigenvalue weighted by molar-refractivity contribution is 9.10. The number of rotatable bonds is 4. The van der Waals surface area contributed by atoms with Crippen molar-refractivity contribution in [1.82, 2.24) is 20.0 Å². The number of hydrogen-bond donors (Lipinski definition) is 1. The van der Waals surface area contributed by atoms with Gasteiger partial charge in [0, 0.05) is 19.6 Å². The standard InChI is InChI=1S/C14H23BrN4O/c1-3-19-13(12(15)9-16-19)10-18(2)14(20)17-11-7-5-4-6-8-11/h9,11H,3-8,10H2,1-2H3,(H,17,20). The maximum absolute atomic E-state index is 12.2. The zero-order chi connectivity index (χ0) is 14.5. The largest absolute Gasteiger partial charge is 0.335 e. The molecule has 1 N–H and O–H groups in total. The summed E-state index contributed by atoms with van der Waals surface area (Å²) in [6.45, 7) is 3.41. The van der Waals surface area contributed by atoms with E-state index in [9.17, 15) is 4.79 Å². The van der Waals surface area contributed by atoms with Crippen LogP contribution in [0.25, 0.3) is 0 Å². The summed E-state index contributed by atoms with van der Waals surface area (Å²) < 4.78 is 2.87. The van der Waals surface area contributed by atoms with Crippen LogP contribution in [0.2, 0.25) is 0 Å². The van der Waals surface area contributed by atoms with Crippen molar-refractivity contribution in [2.45, 2.75) is 58.2 Å². The normalized spacial score (nSPS) is 16.1. The van der Waals surface area contributed by atoms with Gasteiger partial charge in [-0.2, -0.15) is 5.10 Å². The average molecular weight is 343 g/mol. The van der Waals surface area contributed by atoms with E-state index in [0.29, 0.717) is 12.6 Å². The SMILES string of the molecule is CCn1ncc(Br)c1CN(C)C(=O)NC1CCCCC1. The Morgan fingerprint density at radius 3 is 2.85 bits per heavy atom. The first kappa shape index (κ1) is 15.4. The Morgan fingerprint density at radius 2 is 2.20 bits per heavy atom. The molecule has 2 rings (SSSR count). The maximum Gasteiger partial charge on any atom is 0.317 e. The van der Waals surface area contributed by atoms with E-state index >= 15 is 0 Å². The minimum Gasteiger partial charge on any atom is -0.335 e. The number of nitrogens with one attached hydrogen (secondary N) is 1. The van der Waals surface area contributed by atoms with Crippen LogP contribution in [0, 0.1) is 0 Å². The highest BCUT2D eigenvalue weighted by Gasteiger charge is 2.19. The highest BCUT2D eigenvalue weighted by Crippen LogP contribution is 2.19. The molecule has 112 valence electrons. The molecule has 6 heteroatoms. The van der Waals surface area contributed by atoms with Crippen molar-refractivity contribution in [3.8, 4) is 0 Å². The zero-order valence-electron chi connectivity index (χ0n) is 12.2. The van der Waals surface area contributed by atoms with Crippen LogP contribution >= 0.6 is 15.9 Å². The molecule has 0 unspecified atom stereocenters. The number of hydrogen-bond acceptors (Lipinski definition) is 2. The predicted octanol–water partition coefficient (Wildman–Crippen LogP) is 3.14. The fraction of sp³-hybridized carbons (Fsp3) is 0.714. The minimum absolute atomic E-state index is 0.00709. The van der Waals surface area contributed by atoms with Gasteiger partial charge in [0.1, 0.15) is 0 Å². The lowest BCUT2D eigenvalue weighted by Crippen LogP contribution is -2.43. The Balaban J connectivity index is 1.91. The molecule has 1 saturated carbocycles. The topological polar surface area (TPSA) is 50.2 Å². The molecule has 0 radical (unpaired) electrons. The van der Waals surface area contributed by atoms with E-state index in [1.807, 2.05) is 18.7 Å². The Morgan fingerprint density at radius 1 is 1.50 bits per heavy atom. The van der Waals surface area contributed by atoms with Crippen molar-refractivity contribution in [2.75, 3.05) is 7.05 Å². The lowest BCUT2D eigenvalue weighted by molar-refractivity contribution is 0.197. The number of aryl methyl sites for hydroxylation is 1. The molecule has 0 spiro atoms. The second-order valence-electron chi connectivity index (χ2n) is 5.40. The molecule has 1 fully saturated rings. The van der Waals surface area contributed by atoms with Gasteiger partial charge in [-0.05, 0) is 35.7 Å². The Labute approximate surface area is 128 Å². The van der Waals surface area contributed by atoms with Crippen LogP contribution in [0.4, 0.5) is 4.79 Å². The van der Waals surface area contributed by atoms with Crippen LogP contribution < -0.4 is 5.32 Å². The van der Waals surface area contributed by atoms with E-state index in [1.54, 1.807) is 11.1 Å². The van der Waals surface area contributed by atoms with E-state index in [1.165, 1.54) is 19.3 Å². The van der Waals surface area contributed by atoms with Gasteiger partial charge in [-0.1, -0.05) is 19.3 Å². The van der Waals surface area contributed by atoms with Gasteiger partial charge in [0.05, 0.1) is 22.9 Å². The number of halogens is 1. The molecule has 1 aliphatic carbocycles. The van der Waals surface area contributed by atoms with E-state index in [4.69, 9.17) is 0 Å². The number of nitrogens with zero attached hydrogens (tertiary/aromatic N) is 3. The van der Waals surface area contributed by atoms with Gasteiger partial charge in [0.2, 0.25) is 0 Å². The van der Waals surface area contributed by atoms with Crippen molar-refractivity contribution >= 4 is 22.0 Å². The fourth-order valence-electron chi connectivity index (χ4n) is 2.65. The summed E-state index contributed by atoms with van der Waals surface area (Å²) in [6.07, 6.45) is 7.74.